The molecule has 2 aliphatic rings. The van der Waals surface area contributed by atoms with Crippen LogP contribution in [0.5, 0.6) is 11.5 Å². The van der Waals surface area contributed by atoms with E-state index in [0.717, 1.165) is 43.3 Å². The molecule has 5 rings (SSSR count). The molecule has 7 nitrogen and oxygen atoms in total. The van der Waals surface area contributed by atoms with Gasteiger partial charge in [-0.25, -0.2) is 14.4 Å². The van der Waals surface area contributed by atoms with Crippen LogP contribution in [-0.2, 0) is 0 Å². The molecule has 0 spiro atoms. The topological polar surface area (TPSA) is 62.8 Å². The minimum atomic E-state index is -0.465. The van der Waals surface area contributed by atoms with Crippen molar-refractivity contribution in [3.63, 3.8) is 0 Å². The lowest BCUT2D eigenvalue weighted by molar-refractivity contribution is 0.0573. The van der Waals surface area contributed by atoms with Gasteiger partial charge in [0, 0.05) is 23.2 Å². The molecular formula is C28H35ClFN5O2. The first-order valence-electron chi connectivity index (χ1n) is 13.1. The molecule has 2 fully saturated rings. The summed E-state index contributed by atoms with van der Waals surface area (Å²) in [7, 11) is 3.90. The second-order valence-electron chi connectivity index (χ2n) is 10.1. The Labute approximate surface area is 222 Å². The number of halogens is 2. The predicted molar refractivity (Wildman–Crippen MR) is 146 cm³/mol. The van der Waals surface area contributed by atoms with Crippen molar-refractivity contribution in [3.05, 3.63) is 47.5 Å². The average molecular weight is 528 g/mol. The number of fused-ring (bicyclic) bond motifs is 1. The lowest BCUT2D eigenvalue weighted by atomic mass is 9.92. The van der Waals surface area contributed by atoms with Gasteiger partial charge >= 0.3 is 0 Å². The second-order valence-corrected chi connectivity index (χ2v) is 10.5. The van der Waals surface area contributed by atoms with Gasteiger partial charge in [-0.3, -0.25) is 9.80 Å². The lowest BCUT2D eigenvalue weighted by Gasteiger charge is -2.38. The first-order valence-corrected chi connectivity index (χ1v) is 13.5. The molecule has 1 saturated heterocycles. The summed E-state index contributed by atoms with van der Waals surface area (Å²) < 4.78 is 25.7. The number of aromatic nitrogens is 2. The van der Waals surface area contributed by atoms with Gasteiger partial charge in [-0.1, -0.05) is 18.0 Å². The van der Waals surface area contributed by atoms with Gasteiger partial charge in [-0.05, 0) is 82.9 Å². The van der Waals surface area contributed by atoms with E-state index in [1.54, 1.807) is 13.2 Å². The Hall–Kier alpha value is -2.68. The van der Waals surface area contributed by atoms with Gasteiger partial charge in [0.05, 0.1) is 30.4 Å². The molecule has 3 aromatic rings. The Kier molecular flexibility index (Phi) is 8.27. The van der Waals surface area contributed by atoms with Crippen molar-refractivity contribution in [2.45, 2.75) is 57.1 Å². The van der Waals surface area contributed by atoms with Crippen LogP contribution in [0.25, 0.3) is 10.9 Å². The van der Waals surface area contributed by atoms with Crippen molar-refractivity contribution in [3.8, 4) is 11.5 Å². The maximum atomic E-state index is 13.6. The third-order valence-electron chi connectivity index (χ3n) is 7.54. The SMILES string of the molecule is COc1cc2ncnc(Nc3ccc(F)c(Cl)c3)c2cc1O[C@H]1CC[C@@H](N(C)CN2CCCCC2)CC1. The zero-order valence-electron chi connectivity index (χ0n) is 21.6. The Bertz CT molecular complexity index is 1210. The maximum absolute atomic E-state index is 13.6. The van der Waals surface area contributed by atoms with Gasteiger partial charge in [-0.2, -0.15) is 0 Å². The molecule has 37 heavy (non-hydrogen) atoms. The first kappa shape index (κ1) is 25.9. The van der Waals surface area contributed by atoms with Gasteiger partial charge in [0.1, 0.15) is 18.0 Å². The molecular weight excluding hydrogens is 493 g/mol. The number of methoxy groups -OCH3 is 1. The highest BCUT2D eigenvalue weighted by Gasteiger charge is 2.27. The molecule has 1 saturated carbocycles. The molecule has 1 aliphatic heterocycles. The molecule has 2 aromatic carbocycles. The number of hydrogen-bond donors (Lipinski definition) is 1. The van der Waals surface area contributed by atoms with E-state index in [1.807, 2.05) is 12.1 Å². The molecule has 0 atom stereocenters. The quantitative estimate of drug-likeness (QED) is 0.372. The fraction of sp³-hybridized carbons (Fsp3) is 0.500. The zero-order chi connectivity index (χ0) is 25.8. The fourth-order valence-corrected chi connectivity index (χ4v) is 5.62. The minimum Gasteiger partial charge on any atom is -0.493 e. The summed E-state index contributed by atoms with van der Waals surface area (Å²) in [5.74, 6) is 1.44. The molecule has 0 amide bonds. The number of anilines is 2. The van der Waals surface area contributed by atoms with E-state index in [2.05, 4.69) is 32.1 Å². The van der Waals surface area contributed by atoms with Crippen LogP contribution in [0.3, 0.4) is 0 Å². The highest BCUT2D eigenvalue weighted by Crippen LogP contribution is 2.37. The van der Waals surface area contributed by atoms with E-state index in [9.17, 15) is 4.39 Å². The Balaban J connectivity index is 1.27. The molecule has 198 valence electrons. The molecule has 1 N–H and O–H groups in total. The highest BCUT2D eigenvalue weighted by atomic mass is 35.5. The number of nitrogens with one attached hydrogen (secondary N) is 1. The summed E-state index contributed by atoms with van der Waals surface area (Å²) in [6.45, 7) is 3.50. The molecule has 0 bridgehead atoms. The van der Waals surface area contributed by atoms with Gasteiger partial charge in [0.25, 0.3) is 0 Å². The number of rotatable bonds is 8. The summed E-state index contributed by atoms with van der Waals surface area (Å²) in [6, 6.07) is 8.87. The average Bonchev–Trinajstić information content (AvgIpc) is 2.91. The van der Waals surface area contributed by atoms with E-state index in [4.69, 9.17) is 21.1 Å². The highest BCUT2D eigenvalue weighted by molar-refractivity contribution is 6.31. The molecule has 2 heterocycles. The monoisotopic (exact) mass is 527 g/mol. The summed E-state index contributed by atoms with van der Waals surface area (Å²) in [4.78, 5) is 13.9. The number of likely N-dealkylation sites (tertiary alicyclic amines) is 1. The van der Waals surface area contributed by atoms with Gasteiger partial charge in [0.15, 0.2) is 11.5 Å². The first-order chi connectivity index (χ1) is 18.0. The third kappa shape index (κ3) is 6.25. The van der Waals surface area contributed by atoms with Gasteiger partial charge in [0.2, 0.25) is 0 Å². The normalized spacial score (nSPS) is 20.8. The number of ether oxygens (including phenoxy) is 2. The minimum absolute atomic E-state index is 0.0474. The largest absolute Gasteiger partial charge is 0.493 e. The van der Waals surface area contributed by atoms with Crippen LogP contribution >= 0.6 is 11.6 Å². The van der Waals surface area contributed by atoms with Crippen LogP contribution in [0.15, 0.2) is 36.7 Å². The predicted octanol–water partition coefficient (Wildman–Crippen LogP) is 6.24. The standard InChI is InChI=1S/C28H35ClFN5O2/c1-34(18-35-12-4-3-5-13-35)20-7-9-21(10-8-20)37-27-15-22-25(16-26(27)36-2)31-17-32-28(22)33-19-6-11-24(30)23(29)14-19/h6,11,14-17,20-21H,3-5,7-10,12-13,18H2,1-2H3,(H,31,32,33)/t20-,21+. The number of hydrogen-bond acceptors (Lipinski definition) is 7. The van der Waals surface area contributed by atoms with Crippen LogP contribution in [0.1, 0.15) is 44.9 Å². The summed E-state index contributed by atoms with van der Waals surface area (Å²) in [5, 5.41) is 4.06. The second kappa shape index (κ2) is 11.8. The fourth-order valence-electron chi connectivity index (χ4n) is 5.44. The summed E-state index contributed by atoms with van der Waals surface area (Å²) >= 11 is 5.96. The van der Waals surface area contributed by atoms with Crippen LogP contribution in [-0.4, -0.2) is 65.8 Å². The molecule has 0 radical (unpaired) electrons. The summed E-state index contributed by atoms with van der Waals surface area (Å²) in [5.41, 5.74) is 1.36. The Morgan fingerprint density at radius 1 is 1.05 bits per heavy atom. The summed E-state index contributed by atoms with van der Waals surface area (Å²) in [6.07, 6.45) is 9.86. The maximum Gasteiger partial charge on any atom is 0.162 e. The van der Waals surface area contributed by atoms with E-state index in [-0.39, 0.29) is 11.1 Å². The smallest absolute Gasteiger partial charge is 0.162 e. The molecule has 9 heteroatoms. The van der Waals surface area contributed by atoms with Crippen molar-refractivity contribution in [2.24, 2.45) is 0 Å². The Morgan fingerprint density at radius 2 is 1.84 bits per heavy atom. The van der Waals surface area contributed by atoms with Crippen molar-refractivity contribution in [1.29, 1.82) is 0 Å². The van der Waals surface area contributed by atoms with Gasteiger partial charge < -0.3 is 14.8 Å². The van der Waals surface area contributed by atoms with E-state index < -0.39 is 5.82 Å². The lowest BCUT2D eigenvalue weighted by Crippen LogP contribution is -2.45. The third-order valence-corrected chi connectivity index (χ3v) is 7.83. The van der Waals surface area contributed by atoms with Gasteiger partial charge in [-0.15, -0.1) is 0 Å². The van der Waals surface area contributed by atoms with Crippen molar-refractivity contribution in [2.75, 3.05) is 39.2 Å². The molecule has 1 aromatic heterocycles. The van der Waals surface area contributed by atoms with E-state index in [0.29, 0.717) is 29.0 Å². The van der Waals surface area contributed by atoms with E-state index in [1.165, 1.54) is 50.8 Å². The van der Waals surface area contributed by atoms with Crippen LogP contribution < -0.4 is 14.8 Å². The number of piperidine rings is 1. The van der Waals surface area contributed by atoms with E-state index >= 15 is 0 Å². The van der Waals surface area contributed by atoms with Crippen molar-refractivity contribution in [1.82, 2.24) is 19.8 Å². The molecule has 1 aliphatic carbocycles. The Morgan fingerprint density at radius 3 is 2.57 bits per heavy atom. The van der Waals surface area contributed by atoms with Crippen LogP contribution in [0.2, 0.25) is 5.02 Å². The molecule has 0 unspecified atom stereocenters. The number of benzene rings is 2. The van der Waals surface area contributed by atoms with Crippen LogP contribution in [0, 0.1) is 5.82 Å². The zero-order valence-corrected chi connectivity index (χ0v) is 22.3. The van der Waals surface area contributed by atoms with Crippen molar-refractivity contribution < 1.29 is 13.9 Å². The van der Waals surface area contributed by atoms with Crippen molar-refractivity contribution >= 4 is 34.0 Å². The number of nitrogens with zero attached hydrogens (tertiary/aromatic N) is 4. The van der Waals surface area contributed by atoms with Crippen LogP contribution in [0.4, 0.5) is 15.9 Å².